The number of hydrogen-bond donors (Lipinski definition) is 3. The first-order valence-corrected chi connectivity index (χ1v) is 17.1. The van der Waals surface area contributed by atoms with Crippen LogP contribution in [-0.2, 0) is 24.3 Å². The molecular formula is C37H51N5O3. The third kappa shape index (κ3) is 10.3. The van der Waals surface area contributed by atoms with E-state index in [1.54, 1.807) is 0 Å². The molecule has 3 N–H and O–H groups in total. The number of para-hydroxylation sites is 1. The molecule has 0 atom stereocenters. The number of imidazole rings is 1. The van der Waals surface area contributed by atoms with Crippen LogP contribution < -0.4 is 10.6 Å². The van der Waals surface area contributed by atoms with Crippen LogP contribution in [0.4, 0.5) is 10.6 Å². The average Bonchev–Trinajstić information content (AvgIpc) is 3.40. The summed E-state index contributed by atoms with van der Waals surface area (Å²) < 4.78 is 2.20. The summed E-state index contributed by atoms with van der Waals surface area (Å²) in [5, 5.41) is 15.9. The van der Waals surface area contributed by atoms with Crippen molar-refractivity contribution in [2.75, 3.05) is 5.32 Å². The van der Waals surface area contributed by atoms with Crippen molar-refractivity contribution in [3.8, 4) is 0 Å². The maximum atomic E-state index is 12.4. The topological polar surface area (TPSA) is 109 Å². The van der Waals surface area contributed by atoms with E-state index in [0.717, 1.165) is 65.5 Å². The molecule has 0 radical (unpaired) electrons. The molecule has 0 aliphatic rings. The largest absolute Gasteiger partial charge is 0.465 e. The second-order valence-electron chi connectivity index (χ2n) is 12.2. The zero-order valence-electron chi connectivity index (χ0n) is 27.2. The first-order chi connectivity index (χ1) is 22.0. The van der Waals surface area contributed by atoms with Gasteiger partial charge in [0, 0.05) is 31.3 Å². The Kier molecular flexibility index (Phi) is 13.7. The van der Waals surface area contributed by atoms with Gasteiger partial charge in [0.15, 0.2) is 5.82 Å². The summed E-state index contributed by atoms with van der Waals surface area (Å²) in [7, 11) is 0. The van der Waals surface area contributed by atoms with E-state index in [9.17, 15) is 14.7 Å². The molecule has 0 saturated heterocycles. The number of rotatable bonds is 20. The molecule has 2 aromatic heterocycles. The monoisotopic (exact) mass is 613 g/mol. The lowest BCUT2D eigenvalue weighted by Gasteiger charge is -2.12. The van der Waals surface area contributed by atoms with Crippen molar-refractivity contribution in [2.45, 2.75) is 123 Å². The van der Waals surface area contributed by atoms with Gasteiger partial charge in [-0.05, 0) is 30.0 Å². The minimum Gasteiger partial charge on any atom is -0.465 e. The van der Waals surface area contributed by atoms with Gasteiger partial charge in [0.25, 0.3) is 0 Å². The Balaban J connectivity index is 1.32. The van der Waals surface area contributed by atoms with Crippen LogP contribution in [0.1, 0.15) is 121 Å². The smallest absolute Gasteiger partial charge is 0.410 e. The minimum atomic E-state index is -1.16. The van der Waals surface area contributed by atoms with Crippen molar-refractivity contribution in [1.82, 2.24) is 19.9 Å². The zero-order chi connectivity index (χ0) is 31.9. The second kappa shape index (κ2) is 18.1. The van der Waals surface area contributed by atoms with Gasteiger partial charge < -0.3 is 15.0 Å². The van der Waals surface area contributed by atoms with E-state index in [1.165, 1.54) is 57.8 Å². The van der Waals surface area contributed by atoms with Crippen molar-refractivity contribution < 1.29 is 14.7 Å². The van der Waals surface area contributed by atoms with E-state index < -0.39 is 6.09 Å². The number of unbranched alkanes of at least 4 members (excludes halogenated alkanes) is 11. The molecule has 45 heavy (non-hydrogen) atoms. The number of benzene rings is 2. The van der Waals surface area contributed by atoms with Crippen LogP contribution in [0, 0.1) is 0 Å². The first kappa shape index (κ1) is 33.9. The number of pyridine rings is 1. The molecule has 0 aliphatic heterocycles. The number of anilines is 1. The van der Waals surface area contributed by atoms with Crippen molar-refractivity contribution >= 4 is 39.8 Å². The number of aromatic nitrogens is 3. The third-order valence-electron chi connectivity index (χ3n) is 8.50. The van der Waals surface area contributed by atoms with E-state index in [2.05, 4.69) is 58.3 Å². The molecule has 4 rings (SSSR count). The predicted octanol–water partition coefficient (Wildman–Crippen LogP) is 9.38. The van der Waals surface area contributed by atoms with Crippen molar-refractivity contribution in [3.05, 3.63) is 65.5 Å². The maximum absolute atomic E-state index is 12.4. The molecule has 0 aliphatic carbocycles. The van der Waals surface area contributed by atoms with Gasteiger partial charge in [-0.1, -0.05) is 127 Å². The molecule has 0 fully saturated rings. The minimum absolute atomic E-state index is 0.117. The van der Waals surface area contributed by atoms with Crippen molar-refractivity contribution in [1.29, 1.82) is 0 Å². The maximum Gasteiger partial charge on any atom is 0.410 e. The highest BCUT2D eigenvalue weighted by molar-refractivity contribution is 6.08. The standard InChI is InChI=1S/C37H51N5O3/c1-3-5-7-8-9-10-11-12-13-14-15-21-33(43)38-26-28-22-24-29(25-23-28)27-42-32(20-6-4-2)40-34-35(42)30-18-16-17-19-31(30)39-36(34)41-37(44)45/h16-19,22-25H,3-15,20-21,26-27H2,1-2H3,(H,38,43)(H,39,41)(H,44,45). The number of nitrogens with zero attached hydrogens (tertiary/aromatic N) is 3. The van der Waals surface area contributed by atoms with Gasteiger partial charge in [-0.3, -0.25) is 10.1 Å². The molecular weight excluding hydrogens is 562 g/mol. The Morgan fingerprint density at radius 1 is 0.756 bits per heavy atom. The summed E-state index contributed by atoms with van der Waals surface area (Å²) in [6.07, 6.45) is 16.3. The van der Waals surface area contributed by atoms with Crippen molar-refractivity contribution in [3.63, 3.8) is 0 Å². The average molecular weight is 614 g/mol. The van der Waals surface area contributed by atoms with Gasteiger partial charge in [0.1, 0.15) is 11.3 Å². The van der Waals surface area contributed by atoms with Crippen LogP contribution in [0.25, 0.3) is 21.9 Å². The van der Waals surface area contributed by atoms with Gasteiger partial charge in [-0.15, -0.1) is 0 Å². The molecule has 0 bridgehead atoms. The number of carbonyl (C=O) groups excluding carboxylic acids is 1. The lowest BCUT2D eigenvalue weighted by molar-refractivity contribution is -0.121. The molecule has 0 unspecified atom stereocenters. The van der Waals surface area contributed by atoms with Crippen LogP contribution in [-0.4, -0.2) is 31.6 Å². The van der Waals surface area contributed by atoms with E-state index in [-0.39, 0.29) is 11.7 Å². The fraction of sp³-hybridized carbons (Fsp3) is 0.514. The Bertz CT molecular complexity index is 1510. The van der Waals surface area contributed by atoms with E-state index in [4.69, 9.17) is 4.98 Å². The quantitative estimate of drug-likeness (QED) is 0.0861. The first-order valence-electron chi connectivity index (χ1n) is 17.1. The molecule has 2 amide bonds. The summed E-state index contributed by atoms with van der Waals surface area (Å²) in [6.45, 7) is 5.53. The number of carboxylic acid groups (broad SMARTS) is 1. The highest BCUT2D eigenvalue weighted by atomic mass is 16.4. The molecule has 0 spiro atoms. The Morgan fingerprint density at radius 2 is 1.38 bits per heavy atom. The highest BCUT2D eigenvalue weighted by Gasteiger charge is 2.19. The SMILES string of the molecule is CCCCCCCCCCCCCC(=O)NCc1ccc(Cn2c(CCCC)nc3c(NC(=O)O)nc4ccccc4c32)cc1. The van der Waals surface area contributed by atoms with Gasteiger partial charge in [0.05, 0.1) is 11.0 Å². The Labute approximate surface area is 268 Å². The summed E-state index contributed by atoms with van der Waals surface area (Å²) >= 11 is 0. The third-order valence-corrected chi connectivity index (χ3v) is 8.50. The lowest BCUT2D eigenvalue weighted by atomic mass is 10.1. The number of hydrogen-bond acceptors (Lipinski definition) is 4. The fourth-order valence-electron chi connectivity index (χ4n) is 5.95. The highest BCUT2D eigenvalue weighted by Crippen LogP contribution is 2.31. The Hall–Kier alpha value is -3.94. The van der Waals surface area contributed by atoms with Crippen LogP contribution >= 0.6 is 0 Å². The molecule has 0 saturated carbocycles. The number of aryl methyl sites for hydroxylation is 1. The summed E-state index contributed by atoms with van der Waals surface area (Å²) in [6, 6.07) is 16.1. The predicted molar refractivity (Wildman–Crippen MR) is 184 cm³/mol. The molecule has 242 valence electrons. The summed E-state index contributed by atoms with van der Waals surface area (Å²) in [5.74, 6) is 1.29. The van der Waals surface area contributed by atoms with E-state index in [0.29, 0.717) is 25.0 Å². The Morgan fingerprint density at radius 3 is 2.04 bits per heavy atom. The molecule has 2 aromatic carbocycles. The van der Waals surface area contributed by atoms with Crippen LogP contribution in [0.2, 0.25) is 0 Å². The number of amides is 2. The fourth-order valence-corrected chi connectivity index (χ4v) is 5.95. The number of nitrogens with one attached hydrogen (secondary N) is 2. The van der Waals surface area contributed by atoms with Gasteiger partial charge in [-0.2, -0.15) is 0 Å². The van der Waals surface area contributed by atoms with E-state index >= 15 is 0 Å². The van der Waals surface area contributed by atoms with Gasteiger partial charge in [0.2, 0.25) is 5.91 Å². The second-order valence-corrected chi connectivity index (χ2v) is 12.2. The summed E-state index contributed by atoms with van der Waals surface area (Å²) in [4.78, 5) is 33.5. The van der Waals surface area contributed by atoms with Gasteiger partial charge in [-0.25, -0.2) is 14.8 Å². The molecule has 2 heterocycles. The van der Waals surface area contributed by atoms with Crippen LogP contribution in [0.15, 0.2) is 48.5 Å². The van der Waals surface area contributed by atoms with Crippen molar-refractivity contribution in [2.24, 2.45) is 0 Å². The molecule has 4 aromatic rings. The number of carbonyl (C=O) groups is 2. The van der Waals surface area contributed by atoms with E-state index in [1.807, 2.05) is 24.3 Å². The summed E-state index contributed by atoms with van der Waals surface area (Å²) in [5.41, 5.74) is 4.34. The van der Waals surface area contributed by atoms with Crippen LogP contribution in [0.3, 0.4) is 0 Å². The molecule has 8 nitrogen and oxygen atoms in total. The zero-order valence-corrected chi connectivity index (χ0v) is 27.2. The number of fused-ring (bicyclic) bond motifs is 3. The molecule has 8 heteroatoms. The van der Waals surface area contributed by atoms with Gasteiger partial charge >= 0.3 is 6.09 Å². The lowest BCUT2D eigenvalue weighted by Crippen LogP contribution is -2.22. The normalized spacial score (nSPS) is 11.3. The van der Waals surface area contributed by atoms with Crippen LogP contribution in [0.5, 0.6) is 0 Å².